The van der Waals surface area contributed by atoms with Crippen molar-refractivity contribution >= 4 is 30.3 Å². The average molecular weight is 215 g/mol. The molecule has 0 aromatic heterocycles. The molecule has 1 N–H and O–H groups in total. The number of aliphatic hydroxyl groups excluding tert-OH is 1. The number of rotatable bonds is 3. The van der Waals surface area contributed by atoms with Crippen LogP contribution in [0.15, 0.2) is 24.3 Å². The Bertz CT molecular complexity index is 310. The molecule has 0 heterocycles. The molecule has 1 rings (SSSR count). The second-order valence-corrected chi connectivity index (χ2v) is 3.37. The first-order chi connectivity index (χ1) is 6.27. The molecule has 0 amide bonds. The van der Waals surface area contributed by atoms with Crippen LogP contribution in [0, 0.1) is 0 Å². The predicted molar refractivity (Wildman–Crippen MR) is 60.3 cm³/mol. The van der Waals surface area contributed by atoms with E-state index in [0.29, 0.717) is 10.8 Å². The van der Waals surface area contributed by atoms with Crippen molar-refractivity contribution in [2.45, 2.75) is 6.61 Å². The van der Waals surface area contributed by atoms with Crippen molar-refractivity contribution in [3.05, 3.63) is 40.4 Å². The number of benzene rings is 1. The Morgan fingerprint density at radius 2 is 2.23 bits per heavy atom. The zero-order valence-corrected chi connectivity index (χ0v) is 8.72. The van der Waals surface area contributed by atoms with Crippen LogP contribution in [0.1, 0.15) is 11.1 Å². The van der Waals surface area contributed by atoms with Crippen molar-refractivity contribution in [1.82, 2.24) is 0 Å². The van der Waals surface area contributed by atoms with Crippen LogP contribution in [-0.4, -0.2) is 10.9 Å². The topological polar surface area (TPSA) is 20.2 Å². The molecule has 0 radical (unpaired) electrons. The van der Waals surface area contributed by atoms with Crippen LogP contribution >= 0.6 is 24.2 Å². The van der Waals surface area contributed by atoms with Crippen LogP contribution in [0.2, 0.25) is 5.02 Å². The lowest BCUT2D eigenvalue weighted by Gasteiger charge is -2.01. The summed E-state index contributed by atoms with van der Waals surface area (Å²) < 4.78 is 0. The Kier molecular flexibility index (Phi) is 4.36. The molecule has 0 saturated carbocycles. The molecule has 0 fully saturated rings. The summed E-state index contributed by atoms with van der Waals surface area (Å²) in [5, 5.41) is 9.55. The zero-order chi connectivity index (χ0) is 9.68. The van der Waals surface area contributed by atoms with Gasteiger partial charge >= 0.3 is 0 Å². The maximum atomic E-state index is 8.94. The third-order valence-corrected chi connectivity index (χ3v) is 2.24. The molecule has 0 spiro atoms. The van der Waals surface area contributed by atoms with Crippen LogP contribution in [0.3, 0.4) is 0 Å². The number of thiol groups is 1. The fourth-order valence-electron chi connectivity index (χ4n) is 1.01. The van der Waals surface area contributed by atoms with E-state index in [4.69, 9.17) is 16.7 Å². The van der Waals surface area contributed by atoms with Crippen molar-refractivity contribution in [3.63, 3.8) is 0 Å². The molecule has 1 nitrogen and oxygen atoms in total. The number of aliphatic hydroxyl groups is 1. The van der Waals surface area contributed by atoms with Gasteiger partial charge in [0.1, 0.15) is 0 Å². The number of hydrogen-bond acceptors (Lipinski definition) is 2. The van der Waals surface area contributed by atoms with Crippen molar-refractivity contribution < 1.29 is 5.11 Å². The van der Waals surface area contributed by atoms with E-state index in [1.54, 1.807) is 6.07 Å². The molecule has 70 valence electrons. The molecule has 0 atom stereocenters. The summed E-state index contributed by atoms with van der Waals surface area (Å²) in [7, 11) is 0. The monoisotopic (exact) mass is 214 g/mol. The smallest absolute Gasteiger partial charge is 0.0696 e. The van der Waals surface area contributed by atoms with Crippen molar-refractivity contribution in [2.75, 3.05) is 5.75 Å². The molecule has 0 saturated heterocycles. The van der Waals surface area contributed by atoms with E-state index in [-0.39, 0.29) is 6.61 Å². The Labute approximate surface area is 88.5 Å². The predicted octanol–water partition coefficient (Wildman–Crippen LogP) is 2.78. The molecule has 0 aliphatic carbocycles. The van der Waals surface area contributed by atoms with Gasteiger partial charge in [0.2, 0.25) is 0 Å². The van der Waals surface area contributed by atoms with Crippen molar-refractivity contribution in [1.29, 1.82) is 0 Å². The van der Waals surface area contributed by atoms with E-state index < -0.39 is 0 Å². The summed E-state index contributed by atoms with van der Waals surface area (Å²) in [5.41, 5.74) is 1.78. The van der Waals surface area contributed by atoms with E-state index >= 15 is 0 Å². The standard InChI is InChI=1S/C10H11ClOS/c11-10-4-3-8(2-1-5-13)6-9(10)7-12/h1-4,6,12-13H,5,7H2. The zero-order valence-electron chi connectivity index (χ0n) is 7.07. The highest BCUT2D eigenvalue weighted by atomic mass is 35.5. The molecule has 3 heteroatoms. The Hall–Kier alpha value is -0.440. The van der Waals surface area contributed by atoms with Crippen LogP contribution in [0.4, 0.5) is 0 Å². The van der Waals surface area contributed by atoms with E-state index in [9.17, 15) is 0 Å². The lowest BCUT2D eigenvalue weighted by Crippen LogP contribution is -1.85. The van der Waals surface area contributed by atoms with Gasteiger partial charge in [0.15, 0.2) is 0 Å². The summed E-state index contributed by atoms with van der Waals surface area (Å²) in [5.74, 6) is 0.705. The summed E-state index contributed by atoms with van der Waals surface area (Å²) in [6, 6.07) is 5.55. The van der Waals surface area contributed by atoms with E-state index in [1.807, 2.05) is 24.3 Å². The Balaban J connectivity index is 2.92. The van der Waals surface area contributed by atoms with Crippen LogP contribution < -0.4 is 0 Å². The third-order valence-electron chi connectivity index (χ3n) is 1.66. The van der Waals surface area contributed by atoms with Gasteiger partial charge in [-0.05, 0) is 23.3 Å². The fourth-order valence-corrected chi connectivity index (χ4v) is 1.29. The third kappa shape index (κ3) is 3.07. The maximum absolute atomic E-state index is 8.94. The molecule has 0 unspecified atom stereocenters. The molecule has 1 aromatic rings. The minimum Gasteiger partial charge on any atom is -0.392 e. The molecule has 1 aromatic carbocycles. The summed E-state index contributed by atoms with van der Waals surface area (Å²) >= 11 is 9.89. The van der Waals surface area contributed by atoms with Crippen LogP contribution in [0.25, 0.3) is 6.08 Å². The first kappa shape index (κ1) is 10.6. The van der Waals surface area contributed by atoms with Crippen molar-refractivity contribution in [3.8, 4) is 0 Å². The SMILES string of the molecule is OCc1cc(C=CCS)ccc1Cl. The maximum Gasteiger partial charge on any atom is 0.0696 e. The lowest BCUT2D eigenvalue weighted by molar-refractivity contribution is 0.282. The molecule has 0 bridgehead atoms. The van der Waals surface area contributed by atoms with Gasteiger partial charge in [-0.25, -0.2) is 0 Å². The van der Waals surface area contributed by atoms with E-state index in [2.05, 4.69) is 12.6 Å². The quantitative estimate of drug-likeness (QED) is 0.742. The van der Waals surface area contributed by atoms with Gasteiger partial charge in [0, 0.05) is 10.8 Å². The first-order valence-electron chi connectivity index (χ1n) is 3.94. The molecular weight excluding hydrogens is 204 g/mol. The van der Waals surface area contributed by atoms with Gasteiger partial charge in [0.25, 0.3) is 0 Å². The van der Waals surface area contributed by atoms with E-state index in [0.717, 1.165) is 11.1 Å². The second kappa shape index (κ2) is 5.32. The van der Waals surface area contributed by atoms with E-state index in [1.165, 1.54) is 0 Å². The number of halogens is 1. The van der Waals surface area contributed by atoms with Crippen LogP contribution in [-0.2, 0) is 6.61 Å². The lowest BCUT2D eigenvalue weighted by atomic mass is 10.1. The second-order valence-electron chi connectivity index (χ2n) is 2.59. The number of hydrogen-bond donors (Lipinski definition) is 2. The van der Waals surface area contributed by atoms with Crippen molar-refractivity contribution in [2.24, 2.45) is 0 Å². The largest absolute Gasteiger partial charge is 0.392 e. The summed E-state index contributed by atoms with van der Waals surface area (Å²) in [4.78, 5) is 0. The van der Waals surface area contributed by atoms with Gasteiger partial charge < -0.3 is 5.11 Å². The fraction of sp³-hybridized carbons (Fsp3) is 0.200. The van der Waals surface area contributed by atoms with Gasteiger partial charge in [0.05, 0.1) is 6.61 Å². The van der Waals surface area contributed by atoms with Gasteiger partial charge in [-0.15, -0.1) is 0 Å². The Morgan fingerprint density at radius 3 is 2.85 bits per heavy atom. The van der Waals surface area contributed by atoms with Gasteiger partial charge in [-0.1, -0.05) is 29.8 Å². The minimum absolute atomic E-state index is 0.0264. The average Bonchev–Trinajstić information content (AvgIpc) is 2.16. The molecule has 0 aliphatic heterocycles. The van der Waals surface area contributed by atoms with Gasteiger partial charge in [-0.2, -0.15) is 12.6 Å². The van der Waals surface area contributed by atoms with Crippen LogP contribution in [0.5, 0.6) is 0 Å². The minimum atomic E-state index is -0.0264. The molecular formula is C10H11ClOS. The highest BCUT2D eigenvalue weighted by molar-refractivity contribution is 7.80. The normalized spacial score (nSPS) is 11.0. The summed E-state index contributed by atoms with van der Waals surface area (Å²) in [6.45, 7) is -0.0264. The highest BCUT2D eigenvalue weighted by Crippen LogP contribution is 2.18. The first-order valence-corrected chi connectivity index (χ1v) is 4.95. The Morgan fingerprint density at radius 1 is 1.46 bits per heavy atom. The molecule has 0 aliphatic rings. The highest BCUT2D eigenvalue weighted by Gasteiger charge is 1.98. The molecule has 13 heavy (non-hydrogen) atoms. The summed E-state index contributed by atoms with van der Waals surface area (Å²) in [6.07, 6.45) is 3.88. The van der Waals surface area contributed by atoms with Gasteiger partial charge in [-0.3, -0.25) is 0 Å².